The van der Waals surface area contributed by atoms with Gasteiger partial charge < -0.3 is 9.84 Å². The second-order valence-corrected chi connectivity index (χ2v) is 5.70. The summed E-state index contributed by atoms with van der Waals surface area (Å²) in [6, 6.07) is 26.4. The molecule has 2 atom stereocenters. The topological polar surface area (TPSA) is 60.2 Å². The minimum Gasteiger partial charge on any atom is -0.465 e. The number of aliphatic hydroxyl groups excluding tert-OH is 1. The quantitative estimate of drug-likeness (QED) is 0.605. The van der Waals surface area contributed by atoms with Gasteiger partial charge in [-0.05, 0) is 29.8 Å². The molecule has 0 saturated heterocycles. The molecule has 5 heteroatoms. The second kappa shape index (κ2) is 6.75. The molecule has 2 unspecified atom stereocenters. The van der Waals surface area contributed by atoms with E-state index in [2.05, 4.69) is 10.3 Å². The first-order valence-electron chi connectivity index (χ1n) is 8.07. The van der Waals surface area contributed by atoms with Crippen LogP contribution in [0.25, 0.3) is 11.0 Å². The Hall–Kier alpha value is -3.18. The van der Waals surface area contributed by atoms with Crippen molar-refractivity contribution in [2.45, 2.75) is 12.3 Å². The Balaban J connectivity index is 1.78. The number of benzene rings is 3. The molecule has 0 spiro atoms. The molecule has 0 radical (unpaired) electrons. The molecule has 1 aromatic heterocycles. The normalized spacial score (nSPS) is 13.5. The SMILES string of the molecule is OC(c1ccccc1)C(Oc1ccccc1)n1nnc2ccccc21. The van der Waals surface area contributed by atoms with E-state index in [1.54, 1.807) is 4.68 Å². The summed E-state index contributed by atoms with van der Waals surface area (Å²) < 4.78 is 7.72. The first kappa shape index (κ1) is 15.4. The average molecular weight is 331 g/mol. The number of ether oxygens (including phenoxy) is 1. The molecule has 0 amide bonds. The molecule has 25 heavy (non-hydrogen) atoms. The number of hydrogen-bond donors (Lipinski definition) is 1. The molecule has 124 valence electrons. The van der Waals surface area contributed by atoms with Crippen LogP contribution in [-0.2, 0) is 0 Å². The summed E-state index contributed by atoms with van der Waals surface area (Å²) >= 11 is 0. The van der Waals surface area contributed by atoms with Crippen molar-refractivity contribution >= 4 is 11.0 Å². The van der Waals surface area contributed by atoms with Crippen molar-refractivity contribution in [3.8, 4) is 5.75 Å². The number of aromatic nitrogens is 3. The van der Waals surface area contributed by atoms with Crippen molar-refractivity contribution in [2.75, 3.05) is 0 Å². The Morgan fingerprint density at radius 1 is 0.800 bits per heavy atom. The van der Waals surface area contributed by atoms with E-state index in [0.29, 0.717) is 5.75 Å². The molecule has 0 aliphatic rings. The number of aliphatic hydroxyl groups is 1. The van der Waals surface area contributed by atoms with E-state index in [4.69, 9.17) is 4.74 Å². The molecule has 0 saturated carbocycles. The lowest BCUT2D eigenvalue weighted by molar-refractivity contribution is -0.0173. The molecule has 3 aromatic carbocycles. The van der Waals surface area contributed by atoms with E-state index in [1.807, 2.05) is 84.9 Å². The molecule has 1 N–H and O–H groups in total. The third-order valence-electron chi connectivity index (χ3n) is 4.03. The third kappa shape index (κ3) is 3.09. The highest BCUT2D eigenvalue weighted by atomic mass is 16.5. The van der Waals surface area contributed by atoms with Crippen LogP contribution in [0.15, 0.2) is 84.9 Å². The lowest BCUT2D eigenvalue weighted by Crippen LogP contribution is -2.24. The van der Waals surface area contributed by atoms with Gasteiger partial charge in [0.05, 0.1) is 5.52 Å². The molecule has 1 heterocycles. The zero-order chi connectivity index (χ0) is 17.1. The predicted octanol–water partition coefficient (Wildman–Crippen LogP) is 3.74. The number of nitrogens with zero attached hydrogens (tertiary/aromatic N) is 3. The maximum atomic E-state index is 11.0. The highest BCUT2D eigenvalue weighted by Gasteiger charge is 2.27. The van der Waals surface area contributed by atoms with Gasteiger partial charge in [0, 0.05) is 0 Å². The van der Waals surface area contributed by atoms with Crippen molar-refractivity contribution in [3.63, 3.8) is 0 Å². The Kier molecular flexibility index (Phi) is 4.14. The Morgan fingerprint density at radius 3 is 2.20 bits per heavy atom. The van der Waals surface area contributed by atoms with Crippen LogP contribution in [-0.4, -0.2) is 20.1 Å². The van der Waals surface area contributed by atoms with Crippen molar-refractivity contribution < 1.29 is 9.84 Å². The van der Waals surface area contributed by atoms with E-state index in [9.17, 15) is 5.11 Å². The van der Waals surface area contributed by atoms with Gasteiger partial charge in [0.1, 0.15) is 17.4 Å². The zero-order valence-corrected chi connectivity index (χ0v) is 13.4. The van der Waals surface area contributed by atoms with Crippen LogP contribution < -0.4 is 4.74 Å². The molecule has 0 bridgehead atoms. The largest absolute Gasteiger partial charge is 0.465 e. The minimum atomic E-state index is -0.897. The van der Waals surface area contributed by atoms with Crippen LogP contribution >= 0.6 is 0 Å². The summed E-state index contributed by atoms with van der Waals surface area (Å²) in [4.78, 5) is 0. The predicted molar refractivity (Wildman–Crippen MR) is 95.0 cm³/mol. The van der Waals surface area contributed by atoms with E-state index in [1.165, 1.54) is 0 Å². The highest BCUT2D eigenvalue weighted by molar-refractivity contribution is 5.74. The zero-order valence-electron chi connectivity index (χ0n) is 13.4. The maximum absolute atomic E-state index is 11.0. The molecule has 0 aliphatic heterocycles. The number of fused-ring (bicyclic) bond motifs is 1. The van der Waals surface area contributed by atoms with Gasteiger partial charge in [-0.25, -0.2) is 4.68 Å². The number of para-hydroxylation sites is 2. The Morgan fingerprint density at radius 2 is 1.44 bits per heavy atom. The molecular formula is C20H17N3O2. The van der Waals surface area contributed by atoms with Crippen LogP contribution in [0.2, 0.25) is 0 Å². The summed E-state index contributed by atoms with van der Waals surface area (Å²) in [6.07, 6.45) is -1.64. The summed E-state index contributed by atoms with van der Waals surface area (Å²) in [5.41, 5.74) is 2.31. The molecule has 0 aliphatic carbocycles. The fourth-order valence-corrected chi connectivity index (χ4v) is 2.78. The van der Waals surface area contributed by atoms with Crippen molar-refractivity contribution in [3.05, 3.63) is 90.5 Å². The summed E-state index contributed by atoms with van der Waals surface area (Å²) in [6.45, 7) is 0. The van der Waals surface area contributed by atoms with Crippen LogP contribution in [0.1, 0.15) is 17.9 Å². The summed E-state index contributed by atoms with van der Waals surface area (Å²) in [7, 11) is 0. The van der Waals surface area contributed by atoms with E-state index >= 15 is 0 Å². The van der Waals surface area contributed by atoms with E-state index in [-0.39, 0.29) is 0 Å². The van der Waals surface area contributed by atoms with Gasteiger partial charge in [-0.1, -0.05) is 65.9 Å². The first-order chi connectivity index (χ1) is 12.3. The van der Waals surface area contributed by atoms with Gasteiger partial charge in [0.2, 0.25) is 6.23 Å². The Bertz CT molecular complexity index is 954. The summed E-state index contributed by atoms with van der Waals surface area (Å²) in [5, 5.41) is 19.4. The lowest BCUT2D eigenvalue weighted by Gasteiger charge is -2.25. The summed E-state index contributed by atoms with van der Waals surface area (Å²) in [5.74, 6) is 0.655. The van der Waals surface area contributed by atoms with Gasteiger partial charge in [0.25, 0.3) is 0 Å². The van der Waals surface area contributed by atoms with E-state index < -0.39 is 12.3 Å². The van der Waals surface area contributed by atoms with E-state index in [0.717, 1.165) is 16.6 Å². The second-order valence-electron chi connectivity index (χ2n) is 5.70. The monoisotopic (exact) mass is 331 g/mol. The molecule has 4 rings (SSSR count). The lowest BCUT2D eigenvalue weighted by atomic mass is 10.1. The molecule has 0 fully saturated rings. The van der Waals surface area contributed by atoms with Gasteiger partial charge in [-0.3, -0.25) is 0 Å². The van der Waals surface area contributed by atoms with Gasteiger partial charge in [-0.2, -0.15) is 0 Å². The van der Waals surface area contributed by atoms with Crippen LogP contribution in [0.5, 0.6) is 5.75 Å². The van der Waals surface area contributed by atoms with Crippen molar-refractivity contribution in [1.29, 1.82) is 0 Å². The number of rotatable bonds is 5. The van der Waals surface area contributed by atoms with Crippen LogP contribution in [0.4, 0.5) is 0 Å². The average Bonchev–Trinajstić information content (AvgIpc) is 3.11. The fraction of sp³-hybridized carbons (Fsp3) is 0.100. The fourth-order valence-electron chi connectivity index (χ4n) is 2.78. The first-order valence-corrected chi connectivity index (χ1v) is 8.07. The Labute approximate surface area is 145 Å². The van der Waals surface area contributed by atoms with Gasteiger partial charge in [-0.15, -0.1) is 5.10 Å². The molecule has 4 aromatic rings. The minimum absolute atomic E-state index is 0.655. The number of hydrogen-bond acceptors (Lipinski definition) is 4. The molecular weight excluding hydrogens is 314 g/mol. The van der Waals surface area contributed by atoms with Crippen molar-refractivity contribution in [1.82, 2.24) is 15.0 Å². The smallest absolute Gasteiger partial charge is 0.223 e. The maximum Gasteiger partial charge on any atom is 0.223 e. The van der Waals surface area contributed by atoms with Crippen LogP contribution in [0, 0.1) is 0 Å². The van der Waals surface area contributed by atoms with Crippen molar-refractivity contribution in [2.24, 2.45) is 0 Å². The highest BCUT2D eigenvalue weighted by Crippen LogP contribution is 2.30. The van der Waals surface area contributed by atoms with Crippen LogP contribution in [0.3, 0.4) is 0 Å². The standard InChI is InChI=1S/C20H17N3O2/c24-19(15-9-3-1-4-10-15)20(25-16-11-5-2-6-12-16)23-18-14-8-7-13-17(18)21-22-23/h1-14,19-20,24H. The molecule has 5 nitrogen and oxygen atoms in total. The van der Waals surface area contributed by atoms with Gasteiger partial charge in [0.15, 0.2) is 0 Å². The van der Waals surface area contributed by atoms with Gasteiger partial charge >= 0.3 is 0 Å². The third-order valence-corrected chi connectivity index (χ3v) is 4.03.